The number of pyridine rings is 1. The molecule has 0 bridgehead atoms. The summed E-state index contributed by atoms with van der Waals surface area (Å²) < 4.78 is 31.9. The molecule has 0 radical (unpaired) electrons. The Morgan fingerprint density at radius 2 is 2.04 bits per heavy atom. The number of hydrogen-bond acceptors (Lipinski definition) is 3. The minimum absolute atomic E-state index is 0.0749. The number of carbonyl (C=O) groups is 1. The summed E-state index contributed by atoms with van der Waals surface area (Å²) in [5.74, 6) is -2.35. The molecule has 0 atom stereocenters. The molecule has 0 spiro atoms. The fraction of sp³-hybridized carbons (Fsp3) is 0.412. The smallest absolute Gasteiger partial charge is 0.260 e. The number of aryl methyl sites for hydroxylation is 1. The number of rotatable bonds is 3. The third kappa shape index (κ3) is 3.57. The fourth-order valence-corrected chi connectivity index (χ4v) is 2.67. The minimum atomic E-state index is -2.66. The van der Waals surface area contributed by atoms with Crippen LogP contribution in [0.5, 0.6) is 5.75 Å². The van der Waals surface area contributed by atoms with E-state index in [1.54, 1.807) is 12.3 Å². The van der Waals surface area contributed by atoms with Gasteiger partial charge in [-0.15, -0.1) is 0 Å². The van der Waals surface area contributed by atoms with Crippen molar-refractivity contribution in [2.75, 3.05) is 19.7 Å². The molecule has 0 aliphatic carbocycles. The topological polar surface area (TPSA) is 42.4 Å². The average Bonchev–Trinajstić information content (AvgIpc) is 2.52. The van der Waals surface area contributed by atoms with Crippen LogP contribution in [-0.2, 0) is 4.79 Å². The van der Waals surface area contributed by atoms with E-state index in [4.69, 9.17) is 4.74 Å². The lowest BCUT2D eigenvalue weighted by Crippen LogP contribution is -2.44. The molecule has 1 aliphatic rings. The molecular formula is C17H18F2N2O2. The lowest BCUT2D eigenvalue weighted by atomic mass is 10.1. The van der Waals surface area contributed by atoms with Crippen LogP contribution in [0.25, 0.3) is 10.9 Å². The molecular weight excluding hydrogens is 302 g/mol. The summed E-state index contributed by atoms with van der Waals surface area (Å²) in [4.78, 5) is 17.8. The Kier molecular flexibility index (Phi) is 4.15. The third-order valence-electron chi connectivity index (χ3n) is 4.06. The van der Waals surface area contributed by atoms with Crippen LogP contribution >= 0.6 is 0 Å². The number of fused-ring (bicyclic) bond motifs is 1. The van der Waals surface area contributed by atoms with Crippen molar-refractivity contribution in [1.82, 2.24) is 9.88 Å². The Balaban J connectivity index is 1.66. The van der Waals surface area contributed by atoms with E-state index in [2.05, 4.69) is 4.98 Å². The van der Waals surface area contributed by atoms with E-state index >= 15 is 0 Å². The Morgan fingerprint density at radius 3 is 2.78 bits per heavy atom. The summed E-state index contributed by atoms with van der Waals surface area (Å²) in [5, 5.41) is 0.830. The molecule has 1 fully saturated rings. The van der Waals surface area contributed by atoms with Gasteiger partial charge in [0.2, 0.25) is 0 Å². The van der Waals surface area contributed by atoms with E-state index in [-0.39, 0.29) is 38.4 Å². The second kappa shape index (κ2) is 6.10. The van der Waals surface area contributed by atoms with Crippen molar-refractivity contribution in [2.24, 2.45) is 0 Å². The number of aromatic nitrogens is 1. The molecule has 1 amide bonds. The van der Waals surface area contributed by atoms with Crippen LogP contribution in [0.2, 0.25) is 0 Å². The first-order chi connectivity index (χ1) is 10.9. The Morgan fingerprint density at radius 1 is 1.30 bits per heavy atom. The second-order valence-corrected chi connectivity index (χ2v) is 5.86. The molecule has 3 rings (SSSR count). The monoisotopic (exact) mass is 320 g/mol. The highest BCUT2D eigenvalue weighted by atomic mass is 19.3. The Bertz CT molecular complexity index is 724. The van der Waals surface area contributed by atoms with Gasteiger partial charge in [0, 0.05) is 37.5 Å². The van der Waals surface area contributed by atoms with Gasteiger partial charge in [-0.05, 0) is 30.7 Å². The van der Waals surface area contributed by atoms with Crippen LogP contribution < -0.4 is 4.74 Å². The van der Waals surface area contributed by atoms with Crippen molar-refractivity contribution in [3.8, 4) is 5.75 Å². The highest BCUT2D eigenvalue weighted by molar-refractivity contribution is 5.86. The zero-order valence-electron chi connectivity index (χ0n) is 12.9. The summed E-state index contributed by atoms with van der Waals surface area (Å²) >= 11 is 0. The van der Waals surface area contributed by atoms with Crippen LogP contribution in [0.1, 0.15) is 18.4 Å². The van der Waals surface area contributed by atoms with Crippen LogP contribution in [0.3, 0.4) is 0 Å². The number of alkyl halides is 2. The van der Waals surface area contributed by atoms with Crippen LogP contribution in [0, 0.1) is 6.92 Å². The first-order valence-corrected chi connectivity index (χ1v) is 7.58. The normalized spacial score (nSPS) is 17.3. The molecule has 2 aromatic rings. The van der Waals surface area contributed by atoms with Crippen molar-refractivity contribution in [3.05, 3.63) is 36.0 Å². The molecule has 0 unspecified atom stereocenters. The van der Waals surface area contributed by atoms with Gasteiger partial charge < -0.3 is 9.64 Å². The average molecular weight is 320 g/mol. The largest absolute Gasteiger partial charge is 0.483 e. The third-order valence-corrected chi connectivity index (χ3v) is 4.06. The maximum Gasteiger partial charge on any atom is 0.260 e. The van der Waals surface area contributed by atoms with Gasteiger partial charge in [-0.2, -0.15) is 0 Å². The number of benzene rings is 1. The zero-order chi connectivity index (χ0) is 16.4. The first-order valence-electron chi connectivity index (χ1n) is 7.58. The van der Waals surface area contributed by atoms with Crippen molar-refractivity contribution in [2.45, 2.75) is 25.7 Å². The summed E-state index contributed by atoms with van der Waals surface area (Å²) in [5.41, 5.74) is 1.89. The molecule has 0 N–H and O–H groups in total. The van der Waals surface area contributed by atoms with Crippen molar-refractivity contribution in [3.63, 3.8) is 0 Å². The lowest BCUT2D eigenvalue weighted by molar-refractivity contribution is -0.139. The lowest BCUT2D eigenvalue weighted by Gasteiger charge is -2.31. The number of piperidine rings is 1. The highest BCUT2D eigenvalue weighted by Gasteiger charge is 2.35. The van der Waals surface area contributed by atoms with Crippen LogP contribution in [-0.4, -0.2) is 41.4 Å². The van der Waals surface area contributed by atoms with Crippen LogP contribution in [0.15, 0.2) is 30.5 Å². The number of likely N-dealkylation sites (tertiary alicyclic amines) is 1. The SMILES string of the molecule is Cc1ccc2c(OCC(=O)N3CCC(F)(F)CC3)ccnc2c1. The van der Waals surface area contributed by atoms with Gasteiger partial charge in [0.05, 0.1) is 5.52 Å². The number of halogens is 2. The van der Waals surface area contributed by atoms with E-state index in [9.17, 15) is 13.6 Å². The van der Waals surface area contributed by atoms with Gasteiger partial charge in [-0.1, -0.05) is 6.07 Å². The van der Waals surface area contributed by atoms with Gasteiger partial charge in [-0.3, -0.25) is 9.78 Å². The number of nitrogens with zero attached hydrogens (tertiary/aromatic N) is 2. The van der Waals surface area contributed by atoms with Crippen molar-refractivity contribution >= 4 is 16.8 Å². The van der Waals surface area contributed by atoms with E-state index in [1.807, 2.05) is 25.1 Å². The van der Waals surface area contributed by atoms with Crippen molar-refractivity contribution < 1.29 is 18.3 Å². The number of ether oxygens (including phenoxy) is 1. The molecule has 1 saturated heterocycles. The van der Waals surface area contributed by atoms with Crippen molar-refractivity contribution in [1.29, 1.82) is 0 Å². The van der Waals surface area contributed by atoms with E-state index < -0.39 is 5.92 Å². The maximum absolute atomic E-state index is 13.1. The second-order valence-electron chi connectivity index (χ2n) is 5.86. The van der Waals surface area contributed by atoms with E-state index in [0.717, 1.165) is 16.5 Å². The number of carbonyl (C=O) groups excluding carboxylic acids is 1. The molecule has 23 heavy (non-hydrogen) atoms. The maximum atomic E-state index is 13.1. The fourth-order valence-electron chi connectivity index (χ4n) is 2.67. The van der Waals surface area contributed by atoms with Gasteiger partial charge in [0.1, 0.15) is 5.75 Å². The van der Waals surface area contributed by atoms with Gasteiger partial charge in [-0.25, -0.2) is 8.78 Å². The minimum Gasteiger partial charge on any atom is -0.483 e. The summed E-state index contributed by atoms with van der Waals surface area (Å²) in [6, 6.07) is 7.50. The predicted molar refractivity (Wildman–Crippen MR) is 82.7 cm³/mol. The number of amides is 1. The molecule has 1 aliphatic heterocycles. The van der Waals surface area contributed by atoms with Gasteiger partial charge in [0.15, 0.2) is 6.61 Å². The molecule has 2 heterocycles. The molecule has 1 aromatic heterocycles. The Labute approximate surface area is 133 Å². The quantitative estimate of drug-likeness (QED) is 0.872. The van der Waals surface area contributed by atoms with E-state index in [0.29, 0.717) is 5.75 Å². The van der Waals surface area contributed by atoms with Gasteiger partial charge in [0.25, 0.3) is 11.8 Å². The summed E-state index contributed by atoms with van der Waals surface area (Å²) in [7, 11) is 0. The molecule has 1 aromatic carbocycles. The molecule has 122 valence electrons. The molecule has 6 heteroatoms. The summed E-state index contributed by atoms with van der Waals surface area (Å²) in [6.45, 7) is 1.97. The van der Waals surface area contributed by atoms with E-state index in [1.165, 1.54) is 4.90 Å². The number of hydrogen-bond donors (Lipinski definition) is 0. The molecule has 4 nitrogen and oxygen atoms in total. The predicted octanol–water partition coefficient (Wildman–Crippen LogP) is 3.18. The summed E-state index contributed by atoms with van der Waals surface area (Å²) in [6.07, 6.45) is 1.06. The zero-order valence-corrected chi connectivity index (χ0v) is 12.9. The van der Waals surface area contributed by atoms with Gasteiger partial charge >= 0.3 is 0 Å². The Hall–Kier alpha value is -2.24. The first kappa shape index (κ1) is 15.6. The standard InChI is InChI=1S/C17H18F2N2O2/c1-12-2-3-13-14(10-12)20-7-4-15(13)23-11-16(22)21-8-5-17(18,19)6-9-21/h2-4,7,10H,5-6,8-9,11H2,1H3. The van der Waals surface area contributed by atoms with Crippen LogP contribution in [0.4, 0.5) is 8.78 Å². The highest BCUT2D eigenvalue weighted by Crippen LogP contribution is 2.28. The molecule has 0 saturated carbocycles.